The molecule has 24 heavy (non-hydrogen) atoms. The van der Waals surface area contributed by atoms with Crippen molar-refractivity contribution in [2.45, 2.75) is 96.3 Å². The molecule has 1 fully saturated rings. The molecule has 0 N–H and O–H groups in total. The molecule has 0 radical (unpaired) electrons. The molecule has 0 amide bonds. The van der Waals surface area contributed by atoms with Crippen LogP contribution in [0.25, 0.3) is 0 Å². The van der Waals surface area contributed by atoms with Crippen molar-refractivity contribution in [2.24, 2.45) is 5.92 Å². The topological polar surface area (TPSA) is 23.8 Å². The normalized spacial score (nSPS) is 20.7. The largest absolute Gasteiger partial charge is 0.198 e. The predicted octanol–water partition coefficient (Wildman–Crippen LogP) is 7.17. The summed E-state index contributed by atoms with van der Waals surface area (Å²) in [7, 11) is 0. The van der Waals surface area contributed by atoms with Gasteiger partial charge in [-0.1, -0.05) is 76.1 Å². The Morgan fingerprint density at radius 3 is 2.00 bits per heavy atom. The molecule has 0 bridgehead atoms. The Kier molecular flexibility index (Phi) is 8.96. The van der Waals surface area contributed by atoms with Crippen molar-refractivity contribution in [1.29, 1.82) is 5.26 Å². The van der Waals surface area contributed by atoms with Crippen LogP contribution >= 0.6 is 0 Å². The van der Waals surface area contributed by atoms with E-state index >= 15 is 0 Å². The number of hydrogen-bond donors (Lipinski definition) is 0. The standard InChI is InChI=1S/C23H35N/c1-2-3-4-5-6-7-8-9-10-20-11-15-22(16-12-20)23-17-13-21(19-24)14-18-23/h11-12,15-16,21,23H,2-10,13-14,17-18H2,1H3. The summed E-state index contributed by atoms with van der Waals surface area (Å²) in [6.45, 7) is 2.28. The maximum absolute atomic E-state index is 9.01. The summed E-state index contributed by atoms with van der Waals surface area (Å²) in [5, 5.41) is 9.01. The average Bonchev–Trinajstić information content (AvgIpc) is 2.64. The van der Waals surface area contributed by atoms with Gasteiger partial charge < -0.3 is 0 Å². The van der Waals surface area contributed by atoms with Gasteiger partial charge >= 0.3 is 0 Å². The third-order valence-electron chi connectivity index (χ3n) is 5.68. The number of rotatable bonds is 10. The molecule has 0 saturated heterocycles. The quantitative estimate of drug-likeness (QED) is 0.418. The van der Waals surface area contributed by atoms with Crippen LogP contribution in [0.15, 0.2) is 24.3 Å². The maximum atomic E-state index is 9.01. The zero-order valence-electron chi connectivity index (χ0n) is 15.6. The van der Waals surface area contributed by atoms with Gasteiger partial charge in [0.2, 0.25) is 0 Å². The molecule has 0 heterocycles. The van der Waals surface area contributed by atoms with Gasteiger partial charge in [-0.15, -0.1) is 0 Å². The van der Waals surface area contributed by atoms with Crippen LogP contribution in [-0.2, 0) is 6.42 Å². The highest BCUT2D eigenvalue weighted by molar-refractivity contribution is 5.26. The zero-order chi connectivity index (χ0) is 17.0. The van der Waals surface area contributed by atoms with Gasteiger partial charge in [-0.05, 0) is 55.6 Å². The summed E-state index contributed by atoms with van der Waals surface area (Å²) in [5.41, 5.74) is 2.99. The molecule has 1 aromatic carbocycles. The molecule has 0 atom stereocenters. The molecule has 1 aliphatic rings. The summed E-state index contributed by atoms with van der Waals surface area (Å²) >= 11 is 0. The molecule has 0 aromatic heterocycles. The van der Waals surface area contributed by atoms with E-state index in [1.165, 1.54) is 81.8 Å². The minimum atomic E-state index is 0.308. The second kappa shape index (κ2) is 11.3. The maximum Gasteiger partial charge on any atom is 0.0655 e. The molecular formula is C23H35N. The van der Waals surface area contributed by atoms with E-state index in [0.29, 0.717) is 11.8 Å². The molecule has 0 aliphatic heterocycles. The van der Waals surface area contributed by atoms with E-state index in [9.17, 15) is 0 Å². The van der Waals surface area contributed by atoms with Crippen molar-refractivity contribution in [1.82, 2.24) is 0 Å². The molecule has 1 saturated carbocycles. The minimum Gasteiger partial charge on any atom is -0.198 e. The van der Waals surface area contributed by atoms with Crippen molar-refractivity contribution in [2.75, 3.05) is 0 Å². The Morgan fingerprint density at radius 2 is 1.42 bits per heavy atom. The molecular weight excluding hydrogens is 290 g/mol. The Balaban J connectivity index is 1.61. The van der Waals surface area contributed by atoms with E-state index in [1.54, 1.807) is 0 Å². The molecule has 0 unspecified atom stereocenters. The molecule has 0 spiro atoms. The van der Waals surface area contributed by atoms with Crippen LogP contribution in [0.1, 0.15) is 101 Å². The van der Waals surface area contributed by atoms with E-state index < -0.39 is 0 Å². The highest BCUT2D eigenvalue weighted by Crippen LogP contribution is 2.35. The zero-order valence-corrected chi connectivity index (χ0v) is 15.6. The van der Waals surface area contributed by atoms with Gasteiger partial charge in [-0.3, -0.25) is 0 Å². The molecule has 1 aliphatic carbocycles. The fourth-order valence-corrected chi connectivity index (χ4v) is 3.98. The van der Waals surface area contributed by atoms with Crippen LogP contribution in [0.3, 0.4) is 0 Å². The Hall–Kier alpha value is -1.29. The summed E-state index contributed by atoms with van der Waals surface area (Å²) in [6, 6.07) is 11.8. The first-order valence-corrected chi connectivity index (χ1v) is 10.3. The number of benzene rings is 1. The van der Waals surface area contributed by atoms with E-state index in [4.69, 9.17) is 5.26 Å². The SMILES string of the molecule is CCCCCCCCCCc1ccc(C2CCC(C#N)CC2)cc1. The van der Waals surface area contributed by atoms with E-state index in [1.807, 2.05) is 0 Å². The second-order valence-corrected chi connectivity index (χ2v) is 7.64. The Bertz CT molecular complexity index is 474. The van der Waals surface area contributed by atoms with Crippen LogP contribution in [-0.4, -0.2) is 0 Å². The third-order valence-corrected chi connectivity index (χ3v) is 5.68. The number of hydrogen-bond acceptors (Lipinski definition) is 1. The van der Waals surface area contributed by atoms with Crippen molar-refractivity contribution in [3.8, 4) is 6.07 Å². The molecule has 132 valence electrons. The lowest BCUT2D eigenvalue weighted by atomic mass is 9.79. The fraction of sp³-hybridized carbons (Fsp3) is 0.696. The van der Waals surface area contributed by atoms with Crippen molar-refractivity contribution >= 4 is 0 Å². The van der Waals surface area contributed by atoms with Crippen molar-refractivity contribution in [3.05, 3.63) is 35.4 Å². The lowest BCUT2D eigenvalue weighted by molar-refractivity contribution is 0.382. The fourth-order valence-electron chi connectivity index (χ4n) is 3.98. The first kappa shape index (κ1) is 19.0. The first-order valence-electron chi connectivity index (χ1n) is 10.3. The lowest BCUT2D eigenvalue weighted by Crippen LogP contribution is -2.11. The summed E-state index contributed by atoms with van der Waals surface area (Å²) in [6.07, 6.45) is 16.9. The third kappa shape index (κ3) is 6.68. The van der Waals surface area contributed by atoms with Gasteiger partial charge in [0.1, 0.15) is 0 Å². The highest BCUT2D eigenvalue weighted by atomic mass is 14.3. The number of aryl methyl sites for hydroxylation is 1. The predicted molar refractivity (Wildman–Crippen MR) is 103 cm³/mol. The van der Waals surface area contributed by atoms with Gasteiger partial charge in [0.25, 0.3) is 0 Å². The summed E-state index contributed by atoms with van der Waals surface area (Å²) < 4.78 is 0. The Labute approximate surface area is 149 Å². The monoisotopic (exact) mass is 325 g/mol. The molecule has 1 aromatic rings. The summed E-state index contributed by atoms with van der Waals surface area (Å²) in [5.74, 6) is 0.995. The highest BCUT2D eigenvalue weighted by Gasteiger charge is 2.21. The van der Waals surface area contributed by atoms with Gasteiger partial charge in [0.15, 0.2) is 0 Å². The smallest absolute Gasteiger partial charge is 0.0655 e. The second-order valence-electron chi connectivity index (χ2n) is 7.64. The van der Waals surface area contributed by atoms with Crippen molar-refractivity contribution in [3.63, 3.8) is 0 Å². The molecule has 1 heteroatoms. The van der Waals surface area contributed by atoms with Crippen LogP contribution in [0.4, 0.5) is 0 Å². The number of nitriles is 1. The lowest BCUT2D eigenvalue weighted by Gasteiger charge is -2.25. The van der Waals surface area contributed by atoms with Crippen LogP contribution in [0.5, 0.6) is 0 Å². The Morgan fingerprint density at radius 1 is 0.833 bits per heavy atom. The van der Waals surface area contributed by atoms with Gasteiger partial charge in [-0.25, -0.2) is 0 Å². The minimum absolute atomic E-state index is 0.308. The number of unbranched alkanes of at least 4 members (excludes halogenated alkanes) is 7. The van der Waals surface area contributed by atoms with Gasteiger partial charge in [0.05, 0.1) is 6.07 Å². The van der Waals surface area contributed by atoms with E-state index in [2.05, 4.69) is 37.3 Å². The van der Waals surface area contributed by atoms with Crippen LogP contribution in [0, 0.1) is 17.2 Å². The first-order chi connectivity index (χ1) is 11.8. The molecule has 1 nitrogen and oxygen atoms in total. The van der Waals surface area contributed by atoms with Gasteiger partial charge in [-0.2, -0.15) is 5.26 Å². The number of nitrogens with zero attached hydrogens (tertiary/aromatic N) is 1. The van der Waals surface area contributed by atoms with Crippen LogP contribution < -0.4 is 0 Å². The average molecular weight is 326 g/mol. The molecule has 2 rings (SSSR count). The van der Waals surface area contributed by atoms with Crippen molar-refractivity contribution < 1.29 is 0 Å². The van der Waals surface area contributed by atoms with Crippen LogP contribution in [0.2, 0.25) is 0 Å². The van der Waals surface area contributed by atoms with Gasteiger partial charge in [0, 0.05) is 5.92 Å². The van der Waals surface area contributed by atoms with E-state index in [0.717, 1.165) is 12.8 Å². The van der Waals surface area contributed by atoms with E-state index in [-0.39, 0.29) is 0 Å². The summed E-state index contributed by atoms with van der Waals surface area (Å²) in [4.78, 5) is 0.